The van der Waals surface area contributed by atoms with Crippen LogP contribution in [0.5, 0.6) is 5.75 Å². The quantitative estimate of drug-likeness (QED) is 0.664. The summed E-state index contributed by atoms with van der Waals surface area (Å²) in [5.41, 5.74) is 3.54. The van der Waals surface area contributed by atoms with Crippen molar-refractivity contribution in [1.82, 2.24) is 14.5 Å². The van der Waals surface area contributed by atoms with Gasteiger partial charge in [-0.25, -0.2) is 4.98 Å². The number of aromatic nitrogens is 3. The third-order valence-electron chi connectivity index (χ3n) is 4.98. The molecular formula is C21H24N4O4. The topological polar surface area (TPSA) is 98.5 Å². The highest BCUT2D eigenvalue weighted by atomic mass is 16.5. The van der Waals surface area contributed by atoms with Gasteiger partial charge in [0.15, 0.2) is 0 Å². The molecule has 8 nitrogen and oxygen atoms in total. The number of nitrogens with zero attached hydrogens (tertiary/aromatic N) is 3. The van der Waals surface area contributed by atoms with Crippen LogP contribution in [0.4, 0.5) is 5.82 Å². The number of nitrogens with one attached hydrogen (secondary N) is 1. The number of carbonyl (C=O) groups excluding carboxylic acids is 1. The molecule has 0 aromatic carbocycles. The van der Waals surface area contributed by atoms with E-state index >= 15 is 0 Å². The monoisotopic (exact) mass is 396 g/mol. The van der Waals surface area contributed by atoms with Crippen molar-refractivity contribution < 1.29 is 19.4 Å². The van der Waals surface area contributed by atoms with Crippen molar-refractivity contribution in [1.29, 1.82) is 0 Å². The first-order valence-electron chi connectivity index (χ1n) is 9.61. The van der Waals surface area contributed by atoms with Crippen LogP contribution in [0, 0.1) is 0 Å². The van der Waals surface area contributed by atoms with Crippen LogP contribution in [0.2, 0.25) is 0 Å². The van der Waals surface area contributed by atoms with Crippen molar-refractivity contribution in [2.75, 3.05) is 31.7 Å². The van der Waals surface area contributed by atoms with Gasteiger partial charge in [0.2, 0.25) is 5.91 Å². The van der Waals surface area contributed by atoms with Crippen molar-refractivity contribution in [3.63, 3.8) is 0 Å². The molecule has 1 atom stereocenters. The summed E-state index contributed by atoms with van der Waals surface area (Å²) >= 11 is 0. The van der Waals surface area contributed by atoms with Crippen LogP contribution in [-0.4, -0.2) is 52.0 Å². The van der Waals surface area contributed by atoms with Gasteiger partial charge in [0, 0.05) is 55.8 Å². The van der Waals surface area contributed by atoms with E-state index in [1.165, 1.54) is 6.92 Å². The normalized spacial score (nSPS) is 16.3. The molecule has 2 N–H and O–H groups in total. The molecule has 4 heterocycles. The van der Waals surface area contributed by atoms with Crippen LogP contribution in [0.15, 0.2) is 30.6 Å². The summed E-state index contributed by atoms with van der Waals surface area (Å²) in [6.07, 6.45) is 4.65. The number of aryl methyl sites for hydroxylation is 1. The van der Waals surface area contributed by atoms with E-state index in [0.29, 0.717) is 18.2 Å². The Labute approximate surface area is 168 Å². The van der Waals surface area contributed by atoms with Crippen LogP contribution in [-0.2, 0) is 16.6 Å². The van der Waals surface area contributed by atoms with Crippen LogP contribution >= 0.6 is 0 Å². The molecule has 1 unspecified atom stereocenters. The largest absolute Gasteiger partial charge is 0.491 e. The Morgan fingerprint density at radius 2 is 2.28 bits per heavy atom. The molecule has 8 heteroatoms. The molecule has 0 bridgehead atoms. The first-order valence-corrected chi connectivity index (χ1v) is 9.61. The van der Waals surface area contributed by atoms with Gasteiger partial charge >= 0.3 is 0 Å². The van der Waals surface area contributed by atoms with Gasteiger partial charge in [0.1, 0.15) is 18.2 Å². The minimum absolute atomic E-state index is 0.0560. The highest BCUT2D eigenvalue weighted by Gasteiger charge is 2.22. The maximum absolute atomic E-state index is 11.4. The first-order chi connectivity index (χ1) is 14.0. The molecular weight excluding hydrogens is 372 g/mol. The van der Waals surface area contributed by atoms with Gasteiger partial charge in [-0.1, -0.05) is 0 Å². The lowest BCUT2D eigenvalue weighted by molar-refractivity contribution is -0.114. The number of fused-ring (bicyclic) bond motifs is 1. The summed E-state index contributed by atoms with van der Waals surface area (Å²) in [5.74, 6) is 1.21. The molecule has 152 valence electrons. The Kier molecular flexibility index (Phi) is 5.46. The van der Waals surface area contributed by atoms with E-state index in [4.69, 9.17) is 19.6 Å². The predicted molar refractivity (Wildman–Crippen MR) is 109 cm³/mol. The van der Waals surface area contributed by atoms with E-state index in [0.717, 1.165) is 40.9 Å². The molecule has 1 saturated heterocycles. The Balaban J connectivity index is 1.82. The number of hydrogen-bond acceptors (Lipinski definition) is 6. The molecule has 0 aliphatic carbocycles. The molecule has 3 aromatic heterocycles. The average molecular weight is 396 g/mol. The minimum Gasteiger partial charge on any atom is -0.491 e. The van der Waals surface area contributed by atoms with Gasteiger partial charge < -0.3 is 24.5 Å². The van der Waals surface area contributed by atoms with Crippen molar-refractivity contribution in [3.8, 4) is 17.0 Å². The van der Waals surface area contributed by atoms with Gasteiger partial charge in [-0.3, -0.25) is 9.78 Å². The van der Waals surface area contributed by atoms with E-state index < -0.39 is 0 Å². The summed E-state index contributed by atoms with van der Waals surface area (Å²) in [5, 5.41) is 12.8. The van der Waals surface area contributed by atoms with Gasteiger partial charge in [-0.2, -0.15) is 0 Å². The van der Waals surface area contributed by atoms with E-state index in [1.54, 1.807) is 6.20 Å². The lowest BCUT2D eigenvalue weighted by atomic mass is 10.0. The van der Waals surface area contributed by atoms with Gasteiger partial charge in [0.05, 0.1) is 36.3 Å². The summed E-state index contributed by atoms with van der Waals surface area (Å²) < 4.78 is 13.2. The number of aliphatic hydroxyl groups is 1. The number of carbonyl (C=O) groups is 1. The molecule has 29 heavy (non-hydrogen) atoms. The van der Waals surface area contributed by atoms with Crippen LogP contribution in [0.1, 0.15) is 25.0 Å². The zero-order valence-corrected chi connectivity index (χ0v) is 16.5. The van der Waals surface area contributed by atoms with Crippen molar-refractivity contribution >= 4 is 22.6 Å². The van der Waals surface area contributed by atoms with Crippen LogP contribution in [0.25, 0.3) is 22.2 Å². The average Bonchev–Trinajstić information content (AvgIpc) is 3.34. The lowest BCUT2D eigenvalue weighted by Gasteiger charge is -2.13. The highest BCUT2D eigenvalue weighted by molar-refractivity contribution is 5.98. The van der Waals surface area contributed by atoms with Crippen molar-refractivity contribution in [3.05, 3.63) is 36.3 Å². The number of rotatable bonds is 6. The fourth-order valence-corrected chi connectivity index (χ4v) is 3.62. The fourth-order valence-electron chi connectivity index (χ4n) is 3.62. The molecule has 1 aliphatic heterocycles. The van der Waals surface area contributed by atoms with Gasteiger partial charge in [0.25, 0.3) is 0 Å². The number of anilines is 1. The van der Waals surface area contributed by atoms with Gasteiger partial charge in [-0.15, -0.1) is 0 Å². The van der Waals surface area contributed by atoms with Crippen LogP contribution < -0.4 is 10.1 Å². The first kappa shape index (κ1) is 19.4. The molecule has 0 saturated carbocycles. The fraction of sp³-hybridized carbons (Fsp3) is 0.381. The maximum Gasteiger partial charge on any atom is 0.222 e. The van der Waals surface area contributed by atoms with E-state index in [2.05, 4.69) is 10.3 Å². The molecule has 1 fully saturated rings. The third-order valence-corrected chi connectivity index (χ3v) is 4.98. The standard InChI is InChI=1S/C21H24N4O4/c1-13(27)23-21-9-16-17(11-25(2)20(16)10-22-21)19-8-15(29-6-4-26)7-18(24-19)14-3-5-28-12-14/h7-11,14,26H,3-6,12H2,1-2H3,(H,22,23,27). The second-order valence-electron chi connectivity index (χ2n) is 7.17. The Hall–Kier alpha value is -2.97. The van der Waals surface area contributed by atoms with Crippen LogP contribution in [0.3, 0.4) is 0 Å². The molecule has 0 radical (unpaired) electrons. The number of pyridine rings is 2. The zero-order valence-electron chi connectivity index (χ0n) is 16.5. The third kappa shape index (κ3) is 4.08. The number of amides is 1. The van der Waals surface area contributed by atoms with E-state index in [1.807, 2.05) is 36.0 Å². The SMILES string of the molecule is CC(=O)Nc1cc2c(-c3cc(OCCO)cc(C4CCOC4)n3)cn(C)c2cn1. The zero-order chi connectivity index (χ0) is 20.4. The van der Waals surface area contributed by atoms with E-state index in [9.17, 15) is 4.79 Å². The lowest BCUT2D eigenvalue weighted by Crippen LogP contribution is -2.07. The van der Waals surface area contributed by atoms with Crippen molar-refractivity contribution in [2.24, 2.45) is 7.05 Å². The Bertz CT molecular complexity index is 1040. The number of aliphatic hydroxyl groups excluding tert-OH is 1. The van der Waals surface area contributed by atoms with Gasteiger partial charge in [-0.05, 0) is 12.5 Å². The second-order valence-corrected chi connectivity index (χ2v) is 7.17. The smallest absolute Gasteiger partial charge is 0.222 e. The molecule has 3 aromatic rings. The summed E-state index contributed by atoms with van der Waals surface area (Å²) in [6.45, 7) is 2.98. The van der Waals surface area contributed by atoms with E-state index in [-0.39, 0.29) is 25.0 Å². The summed E-state index contributed by atoms with van der Waals surface area (Å²) in [6, 6.07) is 5.66. The maximum atomic E-state index is 11.4. The molecule has 1 amide bonds. The Morgan fingerprint density at radius 3 is 3.00 bits per heavy atom. The summed E-state index contributed by atoms with van der Waals surface area (Å²) in [4.78, 5) is 20.6. The number of hydrogen-bond donors (Lipinski definition) is 2. The Morgan fingerprint density at radius 1 is 1.41 bits per heavy atom. The second kappa shape index (κ2) is 8.18. The summed E-state index contributed by atoms with van der Waals surface area (Å²) in [7, 11) is 1.95. The highest BCUT2D eigenvalue weighted by Crippen LogP contribution is 2.34. The molecule has 1 aliphatic rings. The predicted octanol–water partition coefficient (Wildman–Crippen LogP) is 2.47. The molecule has 4 rings (SSSR count). The number of ether oxygens (including phenoxy) is 2. The minimum atomic E-state index is -0.171. The van der Waals surface area contributed by atoms with Crippen molar-refractivity contribution in [2.45, 2.75) is 19.3 Å². The molecule has 0 spiro atoms.